The van der Waals surface area contributed by atoms with E-state index in [2.05, 4.69) is 38.6 Å². The summed E-state index contributed by atoms with van der Waals surface area (Å²) in [5, 5.41) is 6.52. The maximum atomic E-state index is 12.9. The van der Waals surface area contributed by atoms with Gasteiger partial charge in [-0.2, -0.15) is 13.2 Å². The van der Waals surface area contributed by atoms with Crippen LogP contribution in [-0.2, 0) is 11.0 Å². The van der Waals surface area contributed by atoms with Gasteiger partial charge in [0.05, 0.1) is 17.6 Å². The summed E-state index contributed by atoms with van der Waals surface area (Å²) in [4.78, 5) is 34.3. The second kappa shape index (κ2) is 11.7. The number of nitrogens with one attached hydrogen (secondary N) is 2. The fourth-order valence-electron chi connectivity index (χ4n) is 5.51. The number of pyridine rings is 1. The Hall–Kier alpha value is -3.50. The van der Waals surface area contributed by atoms with E-state index in [1.807, 2.05) is 18.2 Å². The molecule has 206 valence electrons. The molecule has 2 atom stereocenters. The van der Waals surface area contributed by atoms with E-state index in [-0.39, 0.29) is 18.2 Å². The van der Waals surface area contributed by atoms with E-state index in [9.17, 15) is 22.8 Å². The molecule has 0 aliphatic carbocycles. The van der Waals surface area contributed by atoms with Crippen LogP contribution < -0.4 is 15.5 Å². The van der Waals surface area contributed by atoms with E-state index >= 15 is 0 Å². The van der Waals surface area contributed by atoms with E-state index in [1.165, 1.54) is 6.07 Å². The van der Waals surface area contributed by atoms with E-state index in [0.717, 1.165) is 86.8 Å². The lowest BCUT2D eigenvalue weighted by Gasteiger charge is -2.27. The molecule has 2 amide bonds. The van der Waals surface area contributed by atoms with Crippen LogP contribution in [-0.4, -0.2) is 66.5 Å². The predicted octanol–water partition coefficient (Wildman–Crippen LogP) is 4.23. The fraction of sp³-hybridized carbons (Fsp3) is 0.414. The summed E-state index contributed by atoms with van der Waals surface area (Å²) in [6, 6.07) is 17.0. The maximum Gasteiger partial charge on any atom is 0.416 e. The molecule has 1 unspecified atom stereocenters. The quantitative estimate of drug-likeness (QED) is 0.488. The standard InChI is InChI=1S/C29H32F3N5O2/c30-29(31,32)22-7-3-6-21(17-22)28(39)35-27(38)18-33-23-12-15-37(19-23)24-8-4-14-36(16-13-24)26-11-10-20-5-1-2-9-25(20)34-26/h1-3,5-7,9-11,17,23-24,33H,4,8,12-16,18-19H2,(H,35,38,39)/t23-,24?/m1/s1. The SMILES string of the molecule is O=C(CN[C@@H]1CCN(C2CCCN(c3ccc4ccccc4n3)CC2)C1)NC(=O)c1cccc(C(F)(F)F)c1. The molecule has 2 aromatic carbocycles. The molecule has 2 N–H and O–H groups in total. The smallest absolute Gasteiger partial charge is 0.357 e. The van der Waals surface area contributed by atoms with Gasteiger partial charge in [0, 0.05) is 49.2 Å². The Morgan fingerprint density at radius 3 is 2.64 bits per heavy atom. The number of para-hydroxylation sites is 1. The first-order valence-electron chi connectivity index (χ1n) is 13.4. The van der Waals surface area contributed by atoms with Gasteiger partial charge in [-0.15, -0.1) is 0 Å². The molecule has 0 spiro atoms. The highest BCUT2D eigenvalue weighted by Gasteiger charge is 2.32. The summed E-state index contributed by atoms with van der Waals surface area (Å²) in [6.45, 7) is 3.58. The summed E-state index contributed by atoms with van der Waals surface area (Å²) in [5.74, 6) is -0.394. The molecular formula is C29H32F3N5O2. The number of fused-ring (bicyclic) bond motifs is 1. The van der Waals surface area contributed by atoms with Crippen molar-refractivity contribution in [3.63, 3.8) is 0 Å². The zero-order valence-electron chi connectivity index (χ0n) is 21.6. The molecule has 3 heterocycles. The van der Waals surface area contributed by atoms with Gasteiger partial charge < -0.3 is 10.2 Å². The molecule has 10 heteroatoms. The van der Waals surface area contributed by atoms with Crippen LogP contribution in [0.3, 0.4) is 0 Å². The van der Waals surface area contributed by atoms with Gasteiger partial charge in [-0.05, 0) is 62.1 Å². The number of nitrogens with zero attached hydrogens (tertiary/aromatic N) is 3. The van der Waals surface area contributed by atoms with Gasteiger partial charge in [0.25, 0.3) is 5.91 Å². The Labute approximate surface area is 225 Å². The maximum absolute atomic E-state index is 12.9. The first-order chi connectivity index (χ1) is 18.8. The van der Waals surface area contributed by atoms with E-state index in [0.29, 0.717) is 6.04 Å². The van der Waals surface area contributed by atoms with Crippen molar-refractivity contribution in [3.05, 3.63) is 71.8 Å². The molecule has 7 nitrogen and oxygen atoms in total. The molecule has 0 saturated carbocycles. The molecule has 5 rings (SSSR count). The van der Waals surface area contributed by atoms with Crippen LogP contribution in [0.25, 0.3) is 10.9 Å². The molecule has 3 aromatic rings. The Kier molecular flexibility index (Phi) is 8.13. The Bertz CT molecular complexity index is 1330. The number of imide groups is 1. The number of carbonyl (C=O) groups excluding carboxylic acids is 2. The lowest BCUT2D eigenvalue weighted by molar-refractivity contribution is -0.137. The molecule has 2 saturated heterocycles. The van der Waals surface area contributed by atoms with Crippen LogP contribution in [0.15, 0.2) is 60.7 Å². The lowest BCUT2D eigenvalue weighted by atomic mass is 10.1. The number of hydrogen-bond acceptors (Lipinski definition) is 6. The van der Waals surface area contributed by atoms with Crippen LogP contribution in [0, 0.1) is 0 Å². The number of likely N-dealkylation sites (tertiary alicyclic amines) is 1. The number of anilines is 1. The summed E-state index contributed by atoms with van der Waals surface area (Å²) >= 11 is 0. The minimum absolute atomic E-state index is 0.0741. The zero-order chi connectivity index (χ0) is 27.4. The summed E-state index contributed by atoms with van der Waals surface area (Å²) in [5.41, 5.74) is -0.127. The largest absolute Gasteiger partial charge is 0.416 e. The second-order valence-corrected chi connectivity index (χ2v) is 10.3. The number of aromatic nitrogens is 1. The summed E-state index contributed by atoms with van der Waals surface area (Å²) < 4.78 is 38.7. The van der Waals surface area contributed by atoms with Gasteiger partial charge >= 0.3 is 6.18 Å². The highest BCUT2D eigenvalue weighted by atomic mass is 19.4. The van der Waals surface area contributed by atoms with E-state index in [1.54, 1.807) is 0 Å². The predicted molar refractivity (Wildman–Crippen MR) is 143 cm³/mol. The van der Waals surface area contributed by atoms with Crippen molar-refractivity contribution >= 4 is 28.5 Å². The molecule has 0 bridgehead atoms. The van der Waals surface area contributed by atoms with Crippen molar-refractivity contribution in [1.82, 2.24) is 20.5 Å². The minimum atomic E-state index is -4.56. The Balaban J connectivity index is 1.08. The average molecular weight is 540 g/mol. The van der Waals surface area contributed by atoms with Gasteiger partial charge in [0.2, 0.25) is 5.91 Å². The molecule has 39 heavy (non-hydrogen) atoms. The minimum Gasteiger partial charge on any atom is -0.357 e. The van der Waals surface area contributed by atoms with Crippen LogP contribution >= 0.6 is 0 Å². The number of hydrogen-bond donors (Lipinski definition) is 2. The number of carbonyl (C=O) groups is 2. The molecule has 1 aromatic heterocycles. The van der Waals surface area contributed by atoms with Gasteiger partial charge in [0.15, 0.2) is 0 Å². The Morgan fingerprint density at radius 1 is 0.949 bits per heavy atom. The second-order valence-electron chi connectivity index (χ2n) is 10.3. The number of rotatable bonds is 6. The highest BCUT2D eigenvalue weighted by molar-refractivity contribution is 6.05. The van der Waals surface area contributed by atoms with Gasteiger partial charge in [-0.3, -0.25) is 19.8 Å². The van der Waals surface area contributed by atoms with Crippen LogP contribution in [0.2, 0.25) is 0 Å². The fourth-order valence-corrected chi connectivity index (χ4v) is 5.51. The number of amides is 2. The third kappa shape index (κ3) is 6.75. The van der Waals surface area contributed by atoms with Crippen molar-refractivity contribution < 1.29 is 22.8 Å². The molecular weight excluding hydrogens is 507 g/mol. The third-order valence-electron chi connectivity index (χ3n) is 7.60. The topological polar surface area (TPSA) is 77.6 Å². The third-order valence-corrected chi connectivity index (χ3v) is 7.60. The molecule has 2 aliphatic heterocycles. The zero-order valence-corrected chi connectivity index (χ0v) is 21.6. The molecule has 2 fully saturated rings. The van der Waals surface area contributed by atoms with Crippen molar-refractivity contribution in [1.29, 1.82) is 0 Å². The summed E-state index contributed by atoms with van der Waals surface area (Å²) in [7, 11) is 0. The van der Waals surface area contributed by atoms with E-state index in [4.69, 9.17) is 4.98 Å². The van der Waals surface area contributed by atoms with Gasteiger partial charge in [-0.1, -0.05) is 24.3 Å². The van der Waals surface area contributed by atoms with Crippen molar-refractivity contribution in [2.45, 2.75) is 43.9 Å². The van der Waals surface area contributed by atoms with Gasteiger partial charge in [0.1, 0.15) is 5.82 Å². The molecule has 0 radical (unpaired) electrons. The number of benzene rings is 2. The summed E-state index contributed by atoms with van der Waals surface area (Å²) in [6.07, 6.45) is -0.454. The first-order valence-corrected chi connectivity index (χ1v) is 13.4. The monoisotopic (exact) mass is 539 g/mol. The van der Waals surface area contributed by atoms with Crippen LogP contribution in [0.4, 0.5) is 19.0 Å². The lowest BCUT2D eigenvalue weighted by Crippen LogP contribution is -2.43. The number of halogens is 3. The number of alkyl halides is 3. The van der Waals surface area contributed by atoms with E-state index < -0.39 is 23.6 Å². The first kappa shape index (κ1) is 27.1. The van der Waals surface area contributed by atoms with Crippen molar-refractivity contribution in [3.8, 4) is 0 Å². The van der Waals surface area contributed by atoms with Gasteiger partial charge in [-0.25, -0.2) is 4.98 Å². The average Bonchev–Trinajstić information content (AvgIpc) is 3.27. The Morgan fingerprint density at radius 2 is 1.79 bits per heavy atom. The molecule has 2 aliphatic rings. The van der Waals surface area contributed by atoms with Crippen molar-refractivity contribution in [2.24, 2.45) is 0 Å². The highest BCUT2D eigenvalue weighted by Crippen LogP contribution is 2.29. The van der Waals surface area contributed by atoms with Crippen LogP contribution in [0.1, 0.15) is 41.6 Å². The van der Waals surface area contributed by atoms with Crippen molar-refractivity contribution in [2.75, 3.05) is 37.6 Å². The normalized spacial score (nSPS) is 20.6. The van der Waals surface area contributed by atoms with Crippen LogP contribution in [0.5, 0.6) is 0 Å².